The maximum Gasteiger partial charge on any atom is 0.273 e. The molecule has 0 unspecified atom stereocenters. The van der Waals surface area contributed by atoms with Crippen molar-refractivity contribution >= 4 is 33.3 Å². The lowest BCUT2D eigenvalue weighted by Gasteiger charge is -1.98. The van der Waals surface area contributed by atoms with Crippen molar-refractivity contribution < 1.29 is 9.18 Å². The molecule has 22 heavy (non-hydrogen) atoms. The lowest BCUT2D eigenvalue weighted by molar-refractivity contribution is 0.102. The summed E-state index contributed by atoms with van der Waals surface area (Å²) in [5.74, 6) is -0.162. The third-order valence-electron chi connectivity index (χ3n) is 3.10. The summed E-state index contributed by atoms with van der Waals surface area (Å²) in [5, 5.41) is 12.7. The van der Waals surface area contributed by atoms with Crippen LogP contribution >= 0.6 is 11.3 Å². The maximum absolute atomic E-state index is 13.2. The summed E-state index contributed by atoms with van der Waals surface area (Å²) in [7, 11) is 0. The molecular formula is C15H15FN4OS. The van der Waals surface area contributed by atoms with Crippen LogP contribution in [0.4, 0.5) is 9.52 Å². The highest BCUT2D eigenvalue weighted by Gasteiger charge is 2.13. The van der Waals surface area contributed by atoms with Crippen molar-refractivity contribution in [3.63, 3.8) is 0 Å². The van der Waals surface area contributed by atoms with Crippen LogP contribution in [0, 0.1) is 11.7 Å². The minimum Gasteiger partial charge on any atom is -0.351 e. The first kappa shape index (κ1) is 14.6. The number of fused-ring (bicyclic) bond motifs is 1. The molecule has 0 saturated carbocycles. The van der Waals surface area contributed by atoms with E-state index >= 15 is 0 Å². The van der Waals surface area contributed by atoms with E-state index in [-0.39, 0.29) is 11.7 Å². The molecule has 0 fully saturated rings. The Morgan fingerprint density at radius 1 is 1.36 bits per heavy atom. The monoisotopic (exact) mass is 318 g/mol. The molecule has 0 aliphatic rings. The van der Waals surface area contributed by atoms with Crippen LogP contribution in [-0.2, 0) is 6.42 Å². The quantitative estimate of drug-likeness (QED) is 0.772. The lowest BCUT2D eigenvalue weighted by atomic mass is 10.1. The SMILES string of the molecule is CC(C)Cc1nnc(NC(=O)c2cc3cc(F)ccc3[nH]2)s1. The van der Waals surface area contributed by atoms with Gasteiger partial charge in [-0.25, -0.2) is 4.39 Å². The van der Waals surface area contributed by atoms with Crippen molar-refractivity contribution in [1.29, 1.82) is 0 Å². The fraction of sp³-hybridized carbons (Fsp3) is 0.267. The minimum atomic E-state index is -0.332. The number of carbonyl (C=O) groups excluding carboxylic acids is 1. The Balaban J connectivity index is 1.76. The van der Waals surface area contributed by atoms with E-state index in [1.165, 1.54) is 23.5 Å². The maximum atomic E-state index is 13.2. The number of hydrogen-bond donors (Lipinski definition) is 2. The molecule has 3 aromatic rings. The predicted molar refractivity (Wildman–Crippen MR) is 84.7 cm³/mol. The van der Waals surface area contributed by atoms with E-state index < -0.39 is 0 Å². The molecule has 1 amide bonds. The van der Waals surface area contributed by atoms with Crippen molar-refractivity contribution in [2.75, 3.05) is 5.32 Å². The van der Waals surface area contributed by atoms with Crippen molar-refractivity contribution in [2.45, 2.75) is 20.3 Å². The van der Waals surface area contributed by atoms with Crippen LogP contribution in [0.25, 0.3) is 10.9 Å². The summed E-state index contributed by atoms with van der Waals surface area (Å²) < 4.78 is 13.2. The van der Waals surface area contributed by atoms with Gasteiger partial charge in [-0.2, -0.15) is 0 Å². The summed E-state index contributed by atoms with van der Waals surface area (Å²) in [6.07, 6.45) is 0.833. The second-order valence-electron chi connectivity index (χ2n) is 5.47. The first-order valence-corrected chi connectivity index (χ1v) is 7.75. The highest BCUT2D eigenvalue weighted by Crippen LogP contribution is 2.20. The number of aromatic amines is 1. The molecule has 0 radical (unpaired) electrons. The number of nitrogens with zero attached hydrogens (tertiary/aromatic N) is 2. The van der Waals surface area contributed by atoms with Gasteiger partial charge in [0.25, 0.3) is 5.91 Å². The van der Waals surface area contributed by atoms with Gasteiger partial charge in [0.05, 0.1) is 0 Å². The van der Waals surface area contributed by atoms with Crippen LogP contribution in [0.1, 0.15) is 29.3 Å². The molecular weight excluding hydrogens is 303 g/mol. The number of halogens is 1. The zero-order valence-electron chi connectivity index (χ0n) is 12.2. The summed E-state index contributed by atoms with van der Waals surface area (Å²) in [6.45, 7) is 4.20. The third kappa shape index (κ3) is 3.14. The van der Waals surface area contributed by atoms with Gasteiger partial charge in [-0.3, -0.25) is 10.1 Å². The van der Waals surface area contributed by atoms with Gasteiger partial charge in [-0.1, -0.05) is 25.2 Å². The van der Waals surface area contributed by atoms with E-state index in [2.05, 4.69) is 34.3 Å². The summed E-state index contributed by atoms with van der Waals surface area (Å²) >= 11 is 1.37. The molecule has 0 aliphatic heterocycles. The molecule has 0 saturated heterocycles. The number of benzene rings is 1. The summed E-state index contributed by atoms with van der Waals surface area (Å²) in [4.78, 5) is 15.2. The molecule has 0 bridgehead atoms. The minimum absolute atomic E-state index is 0.316. The van der Waals surface area contributed by atoms with Crippen LogP contribution < -0.4 is 5.32 Å². The topological polar surface area (TPSA) is 70.7 Å². The Morgan fingerprint density at radius 2 is 2.18 bits per heavy atom. The Bertz CT molecular complexity index is 824. The normalized spacial score (nSPS) is 11.3. The Morgan fingerprint density at radius 3 is 2.95 bits per heavy atom. The van der Waals surface area contributed by atoms with Gasteiger partial charge in [0, 0.05) is 17.3 Å². The average molecular weight is 318 g/mol. The fourth-order valence-corrected chi connectivity index (χ4v) is 3.07. The largest absolute Gasteiger partial charge is 0.351 e. The van der Waals surface area contributed by atoms with Gasteiger partial charge in [-0.15, -0.1) is 10.2 Å². The second kappa shape index (κ2) is 5.84. The first-order valence-electron chi connectivity index (χ1n) is 6.93. The molecule has 0 aliphatic carbocycles. The van der Waals surface area contributed by atoms with E-state index in [4.69, 9.17) is 0 Å². The van der Waals surface area contributed by atoms with E-state index in [0.717, 1.165) is 11.4 Å². The highest BCUT2D eigenvalue weighted by atomic mass is 32.1. The van der Waals surface area contributed by atoms with Crippen LogP contribution in [0.3, 0.4) is 0 Å². The average Bonchev–Trinajstić information content (AvgIpc) is 3.04. The summed E-state index contributed by atoms with van der Waals surface area (Å²) in [5.41, 5.74) is 1.07. The number of nitrogens with one attached hydrogen (secondary N) is 2. The lowest BCUT2D eigenvalue weighted by Crippen LogP contribution is -2.11. The molecule has 2 heterocycles. The van der Waals surface area contributed by atoms with E-state index in [1.54, 1.807) is 12.1 Å². The van der Waals surface area contributed by atoms with Crippen LogP contribution in [0.5, 0.6) is 0 Å². The molecule has 0 atom stereocenters. The molecule has 0 spiro atoms. The standard InChI is InChI=1S/C15H15FN4OS/c1-8(2)5-13-19-20-15(22-13)18-14(21)12-7-9-6-10(16)3-4-11(9)17-12/h3-4,6-8,17H,5H2,1-2H3,(H,18,20,21). The Labute approximate surface area is 130 Å². The van der Waals surface area contributed by atoms with Crippen LogP contribution in [-0.4, -0.2) is 21.1 Å². The van der Waals surface area contributed by atoms with Crippen molar-refractivity contribution in [1.82, 2.24) is 15.2 Å². The number of aromatic nitrogens is 3. The molecule has 5 nitrogen and oxygen atoms in total. The van der Waals surface area contributed by atoms with Gasteiger partial charge < -0.3 is 4.98 Å². The second-order valence-corrected chi connectivity index (χ2v) is 6.53. The van der Waals surface area contributed by atoms with Gasteiger partial charge in [0.15, 0.2) is 0 Å². The number of anilines is 1. The highest BCUT2D eigenvalue weighted by molar-refractivity contribution is 7.15. The fourth-order valence-electron chi connectivity index (χ4n) is 2.13. The van der Waals surface area contributed by atoms with Gasteiger partial charge >= 0.3 is 0 Å². The van der Waals surface area contributed by atoms with Crippen molar-refractivity contribution in [3.05, 3.63) is 40.8 Å². The third-order valence-corrected chi connectivity index (χ3v) is 3.96. The smallest absolute Gasteiger partial charge is 0.273 e. The Hall–Kier alpha value is -2.28. The number of amides is 1. The van der Waals surface area contributed by atoms with Gasteiger partial charge in [-0.05, 0) is 30.2 Å². The molecule has 3 rings (SSSR count). The zero-order chi connectivity index (χ0) is 15.7. The zero-order valence-corrected chi connectivity index (χ0v) is 13.0. The van der Waals surface area contributed by atoms with Gasteiger partial charge in [0.2, 0.25) is 5.13 Å². The van der Waals surface area contributed by atoms with Crippen LogP contribution in [0.15, 0.2) is 24.3 Å². The van der Waals surface area contributed by atoms with Crippen LogP contribution in [0.2, 0.25) is 0 Å². The van der Waals surface area contributed by atoms with E-state index in [9.17, 15) is 9.18 Å². The number of rotatable bonds is 4. The number of H-pyrrole nitrogens is 1. The summed E-state index contributed by atoms with van der Waals surface area (Å²) in [6, 6.07) is 5.95. The predicted octanol–water partition coefficient (Wildman–Crippen LogP) is 3.61. The number of carbonyl (C=O) groups is 1. The molecule has 114 valence electrons. The number of hydrogen-bond acceptors (Lipinski definition) is 4. The molecule has 1 aromatic carbocycles. The van der Waals surface area contributed by atoms with E-state index in [0.29, 0.717) is 27.6 Å². The van der Waals surface area contributed by atoms with Crippen molar-refractivity contribution in [2.24, 2.45) is 5.92 Å². The molecule has 7 heteroatoms. The van der Waals surface area contributed by atoms with Crippen molar-refractivity contribution in [3.8, 4) is 0 Å². The molecule has 2 N–H and O–H groups in total. The molecule has 2 aromatic heterocycles. The first-order chi connectivity index (χ1) is 10.5. The Kier molecular flexibility index (Phi) is 3.89. The van der Waals surface area contributed by atoms with E-state index in [1.807, 2.05) is 0 Å². The van der Waals surface area contributed by atoms with Gasteiger partial charge in [0.1, 0.15) is 16.5 Å².